The van der Waals surface area contributed by atoms with Crippen molar-refractivity contribution in [3.05, 3.63) is 76.7 Å². The number of piperidine rings is 1. The van der Waals surface area contributed by atoms with Crippen LogP contribution in [0, 0.1) is 18.7 Å². The summed E-state index contributed by atoms with van der Waals surface area (Å²) in [5, 5.41) is 14.1. The van der Waals surface area contributed by atoms with Crippen LogP contribution in [0.25, 0.3) is 0 Å². The Labute approximate surface area is 230 Å². The number of fused-ring (bicyclic) bond motifs is 1. The van der Waals surface area contributed by atoms with E-state index >= 15 is 0 Å². The predicted octanol–water partition coefficient (Wildman–Crippen LogP) is 5.59. The monoisotopic (exact) mass is 559 g/mol. The van der Waals surface area contributed by atoms with E-state index in [9.17, 15) is 27.5 Å². The second kappa shape index (κ2) is 11.1. The second-order valence-corrected chi connectivity index (χ2v) is 10.8. The first kappa shape index (κ1) is 27.9. The number of hydrogen-bond donors (Lipinski definition) is 1. The number of urea groups is 1. The minimum Gasteiger partial charge on any atom is -0.396 e. The Balaban J connectivity index is 1.43. The highest BCUT2D eigenvalue weighted by Crippen LogP contribution is 2.37. The molecular formula is C29H33F4N5O2. The van der Waals surface area contributed by atoms with Crippen molar-refractivity contribution in [2.45, 2.75) is 58.5 Å². The lowest BCUT2D eigenvalue weighted by molar-refractivity contribution is -0.138. The molecule has 0 bridgehead atoms. The highest BCUT2D eigenvalue weighted by Gasteiger charge is 2.40. The number of benzene rings is 2. The van der Waals surface area contributed by atoms with Gasteiger partial charge in [-0.1, -0.05) is 37.3 Å². The van der Waals surface area contributed by atoms with E-state index in [1.807, 2.05) is 24.8 Å². The maximum atomic E-state index is 14.6. The standard InChI is InChI=1S/C29H33F4N5O2/c1-19(18-39)14-36-15-22-17-37(23-10-12-35(13-11-23)26-20(2)6-5-9-25(26)30)28(40)38(27(22)34-36)16-21-7-3-4-8-24(21)29(31,32)33/h3-9,15,19,23,39H,10-14,16-18H2,1-2H3. The van der Waals surface area contributed by atoms with Crippen LogP contribution in [0.15, 0.2) is 48.7 Å². The molecule has 5 rings (SSSR count). The highest BCUT2D eigenvalue weighted by atomic mass is 19.4. The van der Waals surface area contributed by atoms with Gasteiger partial charge in [-0.15, -0.1) is 0 Å². The molecule has 2 aliphatic heterocycles. The normalized spacial score (nSPS) is 17.4. The number of carbonyl (C=O) groups excluding carboxylic acids is 1. The van der Waals surface area contributed by atoms with Gasteiger partial charge >= 0.3 is 12.2 Å². The van der Waals surface area contributed by atoms with E-state index in [1.165, 1.54) is 29.2 Å². The third-order valence-electron chi connectivity index (χ3n) is 7.76. The molecule has 2 aliphatic rings. The molecule has 2 aromatic carbocycles. The van der Waals surface area contributed by atoms with Crippen molar-refractivity contribution in [2.24, 2.45) is 5.92 Å². The zero-order chi connectivity index (χ0) is 28.6. The molecule has 0 radical (unpaired) electrons. The number of hydrogen-bond acceptors (Lipinski definition) is 4. The number of halogens is 4. The zero-order valence-corrected chi connectivity index (χ0v) is 22.5. The average Bonchev–Trinajstić information content (AvgIpc) is 3.32. The summed E-state index contributed by atoms with van der Waals surface area (Å²) in [5.74, 6) is -0.0299. The smallest absolute Gasteiger partial charge is 0.396 e. The van der Waals surface area contributed by atoms with Crippen molar-refractivity contribution in [1.29, 1.82) is 0 Å². The lowest BCUT2D eigenvalue weighted by Gasteiger charge is -2.43. The largest absolute Gasteiger partial charge is 0.416 e. The fraction of sp³-hybridized carbons (Fsp3) is 0.448. The highest BCUT2D eigenvalue weighted by molar-refractivity contribution is 5.94. The molecule has 0 saturated carbocycles. The molecule has 3 heterocycles. The summed E-state index contributed by atoms with van der Waals surface area (Å²) in [6, 6.07) is 9.69. The Kier molecular flexibility index (Phi) is 7.76. The van der Waals surface area contributed by atoms with Gasteiger partial charge in [-0.25, -0.2) is 9.18 Å². The van der Waals surface area contributed by atoms with Crippen molar-refractivity contribution in [3.8, 4) is 0 Å². The molecule has 1 N–H and O–H groups in total. The van der Waals surface area contributed by atoms with Crippen LogP contribution in [-0.2, 0) is 25.8 Å². The summed E-state index contributed by atoms with van der Waals surface area (Å²) in [7, 11) is 0. The quantitative estimate of drug-likeness (QED) is 0.384. The van der Waals surface area contributed by atoms with E-state index in [0.29, 0.717) is 44.0 Å². The molecule has 2 amide bonds. The van der Waals surface area contributed by atoms with Gasteiger partial charge < -0.3 is 14.9 Å². The van der Waals surface area contributed by atoms with E-state index in [4.69, 9.17) is 0 Å². The number of nitrogens with zero attached hydrogens (tertiary/aromatic N) is 5. The number of aryl methyl sites for hydroxylation is 1. The van der Waals surface area contributed by atoms with Crippen LogP contribution in [0.3, 0.4) is 0 Å². The second-order valence-electron chi connectivity index (χ2n) is 10.8. The lowest BCUT2D eigenvalue weighted by atomic mass is 10.00. The Morgan fingerprint density at radius 3 is 2.50 bits per heavy atom. The van der Waals surface area contributed by atoms with E-state index in [1.54, 1.807) is 21.8 Å². The first-order valence-electron chi connectivity index (χ1n) is 13.5. The minimum atomic E-state index is -4.56. The van der Waals surface area contributed by atoms with E-state index in [2.05, 4.69) is 5.10 Å². The molecule has 3 aromatic rings. The van der Waals surface area contributed by atoms with Gasteiger partial charge in [-0.2, -0.15) is 18.3 Å². The van der Waals surface area contributed by atoms with Gasteiger partial charge in [0.2, 0.25) is 0 Å². The van der Waals surface area contributed by atoms with E-state index < -0.39 is 17.8 Å². The predicted molar refractivity (Wildman–Crippen MR) is 143 cm³/mol. The molecule has 1 unspecified atom stereocenters. The first-order chi connectivity index (χ1) is 19.1. The third-order valence-corrected chi connectivity index (χ3v) is 7.76. The summed E-state index contributed by atoms with van der Waals surface area (Å²) in [5.41, 5.74) is 1.35. The number of amides is 2. The number of aromatic nitrogens is 2. The molecule has 0 aliphatic carbocycles. The summed E-state index contributed by atoms with van der Waals surface area (Å²) in [6.45, 7) is 5.19. The number of para-hydroxylation sites is 1. The fourth-order valence-electron chi connectivity index (χ4n) is 5.72. The lowest BCUT2D eigenvalue weighted by Crippen LogP contribution is -2.54. The molecule has 1 saturated heterocycles. The summed E-state index contributed by atoms with van der Waals surface area (Å²) in [4.78, 5) is 18.9. The fourth-order valence-corrected chi connectivity index (χ4v) is 5.72. The topological polar surface area (TPSA) is 64.8 Å². The maximum Gasteiger partial charge on any atom is 0.416 e. The molecule has 1 aromatic heterocycles. The van der Waals surface area contributed by atoms with Crippen LogP contribution in [0.2, 0.25) is 0 Å². The summed E-state index contributed by atoms with van der Waals surface area (Å²) >= 11 is 0. The van der Waals surface area contributed by atoms with Crippen molar-refractivity contribution >= 4 is 17.5 Å². The van der Waals surface area contributed by atoms with Crippen LogP contribution in [0.5, 0.6) is 0 Å². The van der Waals surface area contributed by atoms with Crippen LogP contribution >= 0.6 is 0 Å². The van der Waals surface area contributed by atoms with Crippen LogP contribution in [-0.4, -0.2) is 51.6 Å². The van der Waals surface area contributed by atoms with Crippen LogP contribution in [0.4, 0.5) is 33.9 Å². The number of rotatable bonds is 7. The van der Waals surface area contributed by atoms with Gasteiger partial charge in [0.15, 0.2) is 5.82 Å². The van der Waals surface area contributed by atoms with Crippen LogP contribution in [0.1, 0.15) is 42.0 Å². The molecule has 7 nitrogen and oxygen atoms in total. The number of alkyl halides is 3. The SMILES string of the molecule is Cc1cccc(F)c1N1CCC(N2Cc3cn(CC(C)CO)nc3N(Cc3ccccc3C(F)(F)F)C2=O)CC1. The number of aliphatic hydroxyl groups excluding tert-OH is 1. The Morgan fingerprint density at radius 1 is 1.10 bits per heavy atom. The van der Waals surface area contributed by atoms with Gasteiger partial charge in [0.25, 0.3) is 0 Å². The molecule has 0 spiro atoms. The Morgan fingerprint density at radius 2 is 1.82 bits per heavy atom. The van der Waals surface area contributed by atoms with Crippen molar-refractivity contribution in [2.75, 3.05) is 29.5 Å². The minimum absolute atomic E-state index is 0.0146. The Bertz CT molecular complexity index is 1350. The Hall–Kier alpha value is -3.60. The molecule has 11 heteroatoms. The van der Waals surface area contributed by atoms with Gasteiger partial charge in [-0.05, 0) is 48.9 Å². The van der Waals surface area contributed by atoms with E-state index in [0.717, 1.165) is 17.2 Å². The van der Waals surface area contributed by atoms with Crippen LogP contribution < -0.4 is 9.80 Å². The van der Waals surface area contributed by atoms with Crippen molar-refractivity contribution in [3.63, 3.8) is 0 Å². The molecular weight excluding hydrogens is 526 g/mol. The number of aliphatic hydroxyl groups is 1. The zero-order valence-electron chi connectivity index (χ0n) is 22.5. The number of anilines is 2. The van der Waals surface area contributed by atoms with Crippen molar-refractivity contribution < 1.29 is 27.5 Å². The van der Waals surface area contributed by atoms with Crippen molar-refractivity contribution in [1.82, 2.24) is 14.7 Å². The summed E-state index contributed by atoms with van der Waals surface area (Å²) < 4.78 is 57.6. The van der Waals surface area contributed by atoms with Gasteiger partial charge in [0, 0.05) is 44.0 Å². The molecule has 40 heavy (non-hydrogen) atoms. The molecule has 1 fully saturated rings. The first-order valence-corrected chi connectivity index (χ1v) is 13.5. The third kappa shape index (κ3) is 5.52. The summed E-state index contributed by atoms with van der Waals surface area (Å²) in [6.07, 6.45) is -1.57. The molecule has 1 atom stereocenters. The van der Waals surface area contributed by atoms with E-state index in [-0.39, 0.29) is 43.0 Å². The van der Waals surface area contributed by atoms with Gasteiger partial charge in [0.05, 0.1) is 24.3 Å². The molecule has 214 valence electrons. The van der Waals surface area contributed by atoms with Gasteiger partial charge in [0.1, 0.15) is 5.82 Å². The average molecular weight is 560 g/mol. The maximum absolute atomic E-state index is 14.6. The number of carbonyl (C=O) groups is 1. The van der Waals surface area contributed by atoms with Gasteiger partial charge in [-0.3, -0.25) is 9.58 Å².